The summed E-state index contributed by atoms with van der Waals surface area (Å²) in [4.78, 5) is 22.6. The lowest BCUT2D eigenvalue weighted by molar-refractivity contribution is -0.120. The minimum atomic E-state index is -0.635. The number of hydrogen-bond acceptors (Lipinski definition) is 5. The van der Waals surface area contributed by atoms with Crippen LogP contribution in [0.3, 0.4) is 0 Å². The van der Waals surface area contributed by atoms with E-state index in [2.05, 4.69) is 27.7 Å². The summed E-state index contributed by atoms with van der Waals surface area (Å²) in [6.45, 7) is 5.58. The third-order valence-corrected chi connectivity index (χ3v) is 3.01. The summed E-state index contributed by atoms with van der Waals surface area (Å²) in [7, 11) is 0. The van der Waals surface area contributed by atoms with E-state index in [1.807, 2.05) is 6.07 Å². The quantitative estimate of drug-likeness (QED) is 0.585. The monoisotopic (exact) mass is 388 g/mol. The van der Waals surface area contributed by atoms with Crippen molar-refractivity contribution in [2.24, 2.45) is 0 Å². The minimum absolute atomic E-state index is 0.0828. The lowest BCUT2D eigenvalue weighted by atomic mass is 10.2. The third kappa shape index (κ3) is 3.09. The Labute approximate surface area is 129 Å². The van der Waals surface area contributed by atoms with Gasteiger partial charge in [-0.25, -0.2) is 4.79 Å². The molecule has 0 radical (unpaired) electrons. The van der Waals surface area contributed by atoms with Gasteiger partial charge in [-0.05, 0) is 61.6 Å². The molecule has 0 spiro atoms. The first-order valence-corrected chi connectivity index (χ1v) is 6.91. The van der Waals surface area contributed by atoms with Crippen LogP contribution >= 0.6 is 22.6 Å². The third-order valence-electron chi connectivity index (χ3n) is 2.33. The Morgan fingerprint density at radius 1 is 1.40 bits per heavy atom. The summed E-state index contributed by atoms with van der Waals surface area (Å²) in [6, 6.07) is 5.34. The van der Waals surface area contributed by atoms with Crippen molar-refractivity contribution in [1.82, 2.24) is 9.78 Å². The summed E-state index contributed by atoms with van der Waals surface area (Å²) in [5.41, 5.74) is -0.110. The van der Waals surface area contributed by atoms with Crippen LogP contribution in [0, 0.1) is 3.57 Å². The van der Waals surface area contributed by atoms with E-state index in [0.29, 0.717) is 10.9 Å². The highest BCUT2D eigenvalue weighted by Gasteiger charge is 2.22. The zero-order chi connectivity index (χ0) is 14.9. The van der Waals surface area contributed by atoms with E-state index in [-0.39, 0.29) is 12.4 Å². The molecular formula is C13H13IN2O4. The van der Waals surface area contributed by atoms with Gasteiger partial charge < -0.3 is 9.47 Å². The van der Waals surface area contributed by atoms with Gasteiger partial charge in [0.05, 0.1) is 10.9 Å². The van der Waals surface area contributed by atoms with E-state index < -0.39 is 11.7 Å². The fraction of sp³-hybridized carbons (Fsp3) is 0.308. The first-order valence-electron chi connectivity index (χ1n) is 5.84. The van der Waals surface area contributed by atoms with Crippen LogP contribution in [0.2, 0.25) is 0 Å². The molecule has 0 unspecified atom stereocenters. The van der Waals surface area contributed by atoms with Crippen LogP contribution < -0.4 is 4.74 Å². The molecule has 7 heteroatoms. The zero-order valence-corrected chi connectivity index (χ0v) is 13.4. The van der Waals surface area contributed by atoms with Crippen LogP contribution in [-0.2, 0) is 9.53 Å². The summed E-state index contributed by atoms with van der Waals surface area (Å²) < 4.78 is 12.1. The molecule has 0 aliphatic carbocycles. The molecule has 0 bridgehead atoms. The average Bonchev–Trinajstić information content (AvgIpc) is 2.66. The number of fused-ring (bicyclic) bond motifs is 1. The summed E-state index contributed by atoms with van der Waals surface area (Å²) in [5, 5.41) is 4.57. The summed E-state index contributed by atoms with van der Waals surface area (Å²) >= 11 is 2.12. The molecule has 106 valence electrons. The molecule has 1 aromatic carbocycles. The van der Waals surface area contributed by atoms with Crippen LogP contribution in [0.1, 0.15) is 20.8 Å². The van der Waals surface area contributed by atoms with Crippen molar-refractivity contribution in [1.29, 1.82) is 0 Å². The smallest absolute Gasteiger partial charge is 0.435 e. The molecule has 0 saturated heterocycles. The number of rotatable bonds is 2. The predicted octanol–water partition coefficient (Wildman–Crippen LogP) is 2.96. The lowest BCUT2D eigenvalue weighted by Gasteiger charge is -2.19. The first-order chi connectivity index (χ1) is 9.31. The Bertz CT molecular complexity index is 673. The van der Waals surface area contributed by atoms with Gasteiger partial charge in [0.25, 0.3) is 6.47 Å². The van der Waals surface area contributed by atoms with E-state index >= 15 is 0 Å². The maximum absolute atomic E-state index is 12.1. The molecule has 0 N–H and O–H groups in total. The molecule has 1 heterocycles. The van der Waals surface area contributed by atoms with Crippen LogP contribution in [0.4, 0.5) is 4.79 Å². The standard InChI is InChI=1S/C13H13IN2O4/c1-13(2,3)20-12(18)16-10-5-4-8(14)6-9(10)11(15-16)19-7-17/h4-7H,1-3H3. The number of benzene rings is 1. The second-order valence-corrected chi connectivity index (χ2v) is 6.32. The highest BCUT2D eigenvalue weighted by molar-refractivity contribution is 14.1. The van der Waals surface area contributed by atoms with E-state index in [0.717, 1.165) is 8.25 Å². The van der Waals surface area contributed by atoms with Crippen LogP contribution in [0.25, 0.3) is 10.9 Å². The van der Waals surface area contributed by atoms with Crippen molar-refractivity contribution >= 4 is 46.1 Å². The van der Waals surface area contributed by atoms with Crippen molar-refractivity contribution in [2.75, 3.05) is 0 Å². The zero-order valence-electron chi connectivity index (χ0n) is 11.2. The van der Waals surface area contributed by atoms with Crippen LogP contribution in [-0.4, -0.2) is 27.9 Å². The minimum Gasteiger partial charge on any atom is -0.442 e. The Morgan fingerprint density at radius 2 is 2.10 bits per heavy atom. The van der Waals surface area contributed by atoms with Crippen LogP contribution in [0.15, 0.2) is 18.2 Å². The van der Waals surface area contributed by atoms with Crippen molar-refractivity contribution < 1.29 is 19.1 Å². The number of nitrogens with zero attached hydrogens (tertiary/aromatic N) is 2. The normalized spacial score (nSPS) is 11.4. The molecule has 0 aliphatic heterocycles. The number of ether oxygens (including phenoxy) is 2. The maximum atomic E-state index is 12.1. The second kappa shape index (κ2) is 5.39. The average molecular weight is 388 g/mol. The van der Waals surface area contributed by atoms with Gasteiger partial charge in [0.2, 0.25) is 5.88 Å². The summed E-state index contributed by atoms with van der Waals surface area (Å²) in [5.74, 6) is 0.0828. The van der Waals surface area contributed by atoms with Crippen molar-refractivity contribution in [3.63, 3.8) is 0 Å². The topological polar surface area (TPSA) is 70.4 Å². The van der Waals surface area contributed by atoms with E-state index in [9.17, 15) is 9.59 Å². The molecule has 1 aromatic heterocycles. The Morgan fingerprint density at radius 3 is 2.70 bits per heavy atom. The van der Waals surface area contributed by atoms with Crippen molar-refractivity contribution in [3.05, 3.63) is 21.8 Å². The van der Waals surface area contributed by atoms with E-state index in [1.54, 1.807) is 32.9 Å². The molecule has 0 fully saturated rings. The molecular weight excluding hydrogens is 375 g/mol. The van der Waals surface area contributed by atoms with Crippen molar-refractivity contribution in [2.45, 2.75) is 26.4 Å². The molecule has 0 saturated carbocycles. The SMILES string of the molecule is CC(C)(C)OC(=O)n1nc(OC=O)c2cc(I)ccc21. The van der Waals surface area contributed by atoms with Gasteiger partial charge in [-0.2, -0.15) is 4.68 Å². The number of hydrogen-bond donors (Lipinski definition) is 0. The molecule has 0 aliphatic rings. The highest BCUT2D eigenvalue weighted by atomic mass is 127. The fourth-order valence-corrected chi connectivity index (χ4v) is 2.13. The number of carbonyl (C=O) groups excluding carboxylic acids is 2. The molecule has 20 heavy (non-hydrogen) atoms. The van der Waals surface area contributed by atoms with Gasteiger partial charge in [-0.15, -0.1) is 5.10 Å². The van der Waals surface area contributed by atoms with Gasteiger partial charge in [-0.1, -0.05) is 0 Å². The molecule has 2 aromatic rings. The lowest BCUT2D eigenvalue weighted by Crippen LogP contribution is -2.27. The van der Waals surface area contributed by atoms with Crippen LogP contribution in [0.5, 0.6) is 5.88 Å². The Kier molecular flexibility index (Phi) is 3.98. The molecule has 2 rings (SSSR count). The molecule has 6 nitrogen and oxygen atoms in total. The van der Waals surface area contributed by atoms with Gasteiger partial charge in [0.1, 0.15) is 5.60 Å². The fourth-order valence-electron chi connectivity index (χ4n) is 1.64. The Balaban J connectivity index is 2.53. The number of carbonyl (C=O) groups is 2. The van der Waals surface area contributed by atoms with E-state index in [4.69, 9.17) is 9.47 Å². The van der Waals surface area contributed by atoms with Gasteiger partial charge >= 0.3 is 6.09 Å². The highest BCUT2D eigenvalue weighted by Crippen LogP contribution is 2.27. The van der Waals surface area contributed by atoms with Gasteiger partial charge in [0, 0.05) is 3.57 Å². The van der Waals surface area contributed by atoms with Gasteiger partial charge in [0.15, 0.2) is 0 Å². The van der Waals surface area contributed by atoms with E-state index in [1.165, 1.54) is 0 Å². The summed E-state index contributed by atoms with van der Waals surface area (Å²) in [6.07, 6.45) is -0.621. The van der Waals surface area contributed by atoms with Gasteiger partial charge in [-0.3, -0.25) is 4.79 Å². The number of aromatic nitrogens is 2. The number of halogens is 1. The second-order valence-electron chi connectivity index (χ2n) is 5.07. The Hall–Kier alpha value is -1.64. The molecule has 0 atom stereocenters. The maximum Gasteiger partial charge on any atom is 0.435 e. The predicted molar refractivity (Wildman–Crippen MR) is 80.8 cm³/mol. The first kappa shape index (κ1) is 14.8. The molecule has 0 amide bonds. The largest absolute Gasteiger partial charge is 0.442 e. The van der Waals surface area contributed by atoms with Crippen molar-refractivity contribution in [3.8, 4) is 5.88 Å².